The second-order valence-electron chi connectivity index (χ2n) is 8.41. The molecule has 0 saturated heterocycles. The Kier molecular flexibility index (Phi) is 6.42. The highest BCUT2D eigenvalue weighted by molar-refractivity contribution is 5.41. The fourth-order valence-electron chi connectivity index (χ4n) is 5.06. The molecular weight excluding hydrogens is 332 g/mol. The van der Waals surface area contributed by atoms with Crippen LogP contribution in [0.3, 0.4) is 0 Å². The molecule has 0 unspecified atom stereocenters. The molecule has 1 aromatic carbocycles. The second-order valence-corrected chi connectivity index (χ2v) is 8.41. The van der Waals surface area contributed by atoms with E-state index in [-0.39, 0.29) is 10.0 Å². The fourth-order valence-corrected chi connectivity index (χ4v) is 5.06. The molecule has 2 aliphatic rings. The molecular formula is C22H39F2NO. The van der Waals surface area contributed by atoms with Crippen LogP contribution in [0.5, 0.6) is 5.75 Å². The SMILES string of the molecule is CCCC1CCC(C2CCC(C(F)(F)Oc3ccc(N)cc3)CC2)CC1.[2HH].[HH].[HH]. The molecule has 0 heterocycles. The van der Waals surface area contributed by atoms with Crippen molar-refractivity contribution in [2.75, 3.05) is 5.73 Å². The molecule has 0 amide bonds. The van der Waals surface area contributed by atoms with Gasteiger partial charge in [-0.25, -0.2) is 0 Å². The highest BCUT2D eigenvalue weighted by Gasteiger charge is 2.45. The Balaban J connectivity index is 0.00000261. The Morgan fingerprint density at radius 2 is 1.54 bits per heavy atom. The van der Waals surface area contributed by atoms with Crippen LogP contribution in [0.2, 0.25) is 0 Å². The van der Waals surface area contributed by atoms with Gasteiger partial charge in [-0.15, -0.1) is 0 Å². The Bertz CT molecular complexity index is 558. The third-order valence-corrected chi connectivity index (χ3v) is 6.64. The van der Waals surface area contributed by atoms with Gasteiger partial charge in [0.05, 0.1) is 5.92 Å². The Morgan fingerprint density at radius 3 is 2.08 bits per heavy atom. The summed E-state index contributed by atoms with van der Waals surface area (Å²) in [6.45, 7) is 2.26. The van der Waals surface area contributed by atoms with Crippen LogP contribution in [-0.2, 0) is 0 Å². The number of ether oxygens (including phenoxy) is 1. The van der Waals surface area contributed by atoms with Crippen LogP contribution < -0.4 is 10.5 Å². The van der Waals surface area contributed by atoms with Gasteiger partial charge in [0.2, 0.25) is 0 Å². The van der Waals surface area contributed by atoms with E-state index in [1.165, 1.54) is 50.7 Å². The monoisotopic (exact) mass is 372 g/mol. The third-order valence-electron chi connectivity index (χ3n) is 6.64. The average Bonchev–Trinajstić information content (AvgIpc) is 2.65. The highest BCUT2D eigenvalue weighted by atomic mass is 19.3. The Hall–Kier alpha value is -1.32. The van der Waals surface area contributed by atoms with Crippen molar-refractivity contribution in [1.29, 1.82) is 0 Å². The molecule has 2 N–H and O–H groups in total. The van der Waals surface area contributed by atoms with Crippen molar-refractivity contribution in [2.45, 2.75) is 77.2 Å². The summed E-state index contributed by atoms with van der Waals surface area (Å²) in [7, 11) is 0. The van der Waals surface area contributed by atoms with Gasteiger partial charge >= 0.3 is 6.11 Å². The smallest absolute Gasteiger partial charge is 0.400 e. The highest BCUT2D eigenvalue weighted by Crippen LogP contribution is 2.45. The van der Waals surface area contributed by atoms with Crippen LogP contribution in [0.4, 0.5) is 14.5 Å². The van der Waals surface area contributed by atoms with Gasteiger partial charge in [0.1, 0.15) is 5.75 Å². The van der Waals surface area contributed by atoms with Crippen molar-refractivity contribution >= 4 is 5.69 Å². The van der Waals surface area contributed by atoms with E-state index in [9.17, 15) is 8.78 Å². The minimum absolute atomic E-state index is 0. The number of anilines is 1. The first-order valence-electron chi connectivity index (χ1n) is 10.4. The lowest BCUT2D eigenvalue weighted by atomic mass is 9.68. The third kappa shape index (κ3) is 4.89. The predicted molar refractivity (Wildman–Crippen MR) is 109 cm³/mol. The number of benzene rings is 1. The zero-order valence-electron chi connectivity index (χ0n) is 15.9. The van der Waals surface area contributed by atoms with Crippen LogP contribution in [0.1, 0.15) is 75.4 Å². The van der Waals surface area contributed by atoms with E-state index in [0.29, 0.717) is 24.4 Å². The lowest BCUT2D eigenvalue weighted by molar-refractivity contribution is -0.224. The molecule has 2 fully saturated rings. The van der Waals surface area contributed by atoms with E-state index in [0.717, 1.165) is 24.7 Å². The van der Waals surface area contributed by atoms with Crippen LogP contribution >= 0.6 is 0 Å². The van der Waals surface area contributed by atoms with Crippen molar-refractivity contribution in [3.63, 3.8) is 0 Å². The van der Waals surface area contributed by atoms with Gasteiger partial charge in [0, 0.05) is 9.97 Å². The lowest BCUT2D eigenvalue weighted by Gasteiger charge is -2.39. The van der Waals surface area contributed by atoms with Gasteiger partial charge in [-0.3, -0.25) is 0 Å². The van der Waals surface area contributed by atoms with Crippen molar-refractivity contribution in [3.8, 4) is 5.75 Å². The van der Waals surface area contributed by atoms with Gasteiger partial charge in [-0.2, -0.15) is 8.78 Å². The number of hydrogen-bond donors (Lipinski definition) is 1. The fraction of sp³-hybridized carbons (Fsp3) is 0.727. The van der Waals surface area contributed by atoms with Gasteiger partial charge in [-0.05, 0) is 80.5 Å². The molecule has 3 rings (SSSR count). The van der Waals surface area contributed by atoms with Gasteiger partial charge in [-0.1, -0.05) is 32.6 Å². The maximum Gasteiger partial charge on any atom is 0.400 e. The number of alkyl halides is 2. The lowest BCUT2D eigenvalue weighted by Crippen LogP contribution is -2.38. The molecule has 0 aromatic heterocycles. The van der Waals surface area contributed by atoms with E-state index in [1.54, 1.807) is 12.1 Å². The summed E-state index contributed by atoms with van der Waals surface area (Å²) in [4.78, 5) is 0. The number of nitrogens with two attached hydrogens (primary N) is 1. The molecule has 2 aliphatic carbocycles. The van der Waals surface area contributed by atoms with E-state index < -0.39 is 12.0 Å². The average molecular weight is 373 g/mol. The summed E-state index contributed by atoms with van der Waals surface area (Å²) in [5.41, 5.74) is 6.15. The van der Waals surface area contributed by atoms with E-state index in [1.807, 2.05) is 0 Å². The van der Waals surface area contributed by atoms with Crippen molar-refractivity contribution in [2.24, 2.45) is 23.7 Å². The molecule has 0 atom stereocenters. The second kappa shape index (κ2) is 8.58. The number of hydrogen-bond acceptors (Lipinski definition) is 2. The number of halogens is 2. The van der Waals surface area contributed by atoms with Gasteiger partial charge in [0.15, 0.2) is 0 Å². The van der Waals surface area contributed by atoms with Crippen molar-refractivity contribution in [3.05, 3.63) is 24.3 Å². The van der Waals surface area contributed by atoms with Crippen molar-refractivity contribution in [1.82, 2.24) is 0 Å². The van der Waals surface area contributed by atoms with E-state index in [2.05, 4.69) is 6.92 Å². The first-order valence-corrected chi connectivity index (χ1v) is 10.4. The van der Waals surface area contributed by atoms with Gasteiger partial charge in [0.25, 0.3) is 0 Å². The predicted octanol–water partition coefficient (Wildman–Crippen LogP) is 7.39. The largest absolute Gasteiger partial charge is 0.432 e. The van der Waals surface area contributed by atoms with E-state index in [4.69, 9.17) is 10.5 Å². The van der Waals surface area contributed by atoms with Crippen LogP contribution in [0, 0.1) is 23.7 Å². The number of nitrogen functional groups attached to an aromatic ring is 1. The zero-order valence-corrected chi connectivity index (χ0v) is 15.9. The molecule has 4 heteroatoms. The molecule has 0 aliphatic heterocycles. The van der Waals surface area contributed by atoms with Crippen molar-refractivity contribution < 1.29 is 17.8 Å². The topological polar surface area (TPSA) is 35.2 Å². The Morgan fingerprint density at radius 1 is 1.00 bits per heavy atom. The number of rotatable bonds is 6. The summed E-state index contributed by atoms with van der Waals surface area (Å²) >= 11 is 0. The molecule has 2 nitrogen and oxygen atoms in total. The summed E-state index contributed by atoms with van der Waals surface area (Å²) in [5.74, 6) is 1.83. The molecule has 0 radical (unpaired) electrons. The maximum absolute atomic E-state index is 14.5. The van der Waals surface area contributed by atoms with Crippen LogP contribution in [0.15, 0.2) is 24.3 Å². The van der Waals surface area contributed by atoms with Gasteiger partial charge < -0.3 is 10.5 Å². The van der Waals surface area contributed by atoms with Crippen LogP contribution in [0.25, 0.3) is 0 Å². The summed E-state index contributed by atoms with van der Waals surface area (Å²) in [6.07, 6.45) is 7.82. The first kappa shape index (κ1) is 19.4. The minimum atomic E-state index is -3.10. The maximum atomic E-state index is 14.5. The van der Waals surface area contributed by atoms with Crippen LogP contribution in [-0.4, -0.2) is 6.11 Å². The normalized spacial score (nSPS) is 30.1. The summed E-state index contributed by atoms with van der Waals surface area (Å²) in [6, 6.07) is 6.22. The molecule has 26 heavy (non-hydrogen) atoms. The summed E-state index contributed by atoms with van der Waals surface area (Å²) < 4.78 is 34.1. The molecule has 2 saturated carbocycles. The molecule has 0 spiro atoms. The zero-order chi connectivity index (χ0) is 18.6. The quantitative estimate of drug-likeness (QED) is 0.528. The standard InChI is InChI=1S/C22H33F2NO.3H2/c1-2-3-16-4-6-17(7-5-16)18-8-10-19(11-9-18)22(23,24)26-21-14-12-20(25)13-15-21;;;/h12-19H,2-11,25H2,1H3;3*1H/i;1+1;;. The summed E-state index contributed by atoms with van der Waals surface area (Å²) in [5, 5.41) is 0. The molecule has 152 valence electrons. The first-order chi connectivity index (χ1) is 12.5. The molecule has 0 bridgehead atoms. The Labute approximate surface area is 160 Å². The van der Waals surface area contributed by atoms with E-state index >= 15 is 0 Å². The minimum Gasteiger partial charge on any atom is -0.432 e. The molecule has 1 aromatic rings.